The van der Waals surface area contributed by atoms with E-state index in [9.17, 15) is 14.4 Å². The van der Waals surface area contributed by atoms with Gasteiger partial charge in [-0.25, -0.2) is 15.2 Å². The van der Waals surface area contributed by atoms with Gasteiger partial charge in [-0.05, 0) is 38.0 Å². The van der Waals surface area contributed by atoms with Crippen LogP contribution in [0.1, 0.15) is 38.7 Å². The molecule has 0 bridgehead atoms. The van der Waals surface area contributed by atoms with Crippen LogP contribution in [0.5, 0.6) is 0 Å². The predicted octanol–water partition coefficient (Wildman–Crippen LogP) is 3.79. The summed E-state index contributed by atoms with van der Waals surface area (Å²) in [5.74, 6) is -1.78. The second kappa shape index (κ2) is 7.95. The number of nitrogens with zero attached hydrogens (tertiary/aromatic N) is 1. The summed E-state index contributed by atoms with van der Waals surface area (Å²) in [5.41, 5.74) is 4.60. The first-order valence-electron chi connectivity index (χ1n) is 9.30. The summed E-state index contributed by atoms with van der Waals surface area (Å²) in [6.45, 7) is 5.21. The van der Waals surface area contributed by atoms with E-state index in [1.807, 2.05) is 36.4 Å². The quantitative estimate of drug-likeness (QED) is 0.798. The predicted molar refractivity (Wildman–Crippen MR) is 108 cm³/mol. The number of fused-ring (bicyclic) bond motifs is 3. The number of benzene rings is 2. The highest BCUT2D eigenvalue weighted by Crippen LogP contribution is 2.41. The molecule has 2 aromatic carbocycles. The molecule has 2 aromatic rings. The summed E-state index contributed by atoms with van der Waals surface area (Å²) in [6.07, 6.45) is -0.907. The zero-order chi connectivity index (χ0) is 21.2. The first kappa shape index (κ1) is 20.4. The Bertz CT molecular complexity index is 948. The highest BCUT2D eigenvalue weighted by atomic mass is 16.6. The van der Waals surface area contributed by atoms with Gasteiger partial charge in [0.25, 0.3) is 5.91 Å². The topological polar surface area (TPSA) is 84.9 Å². The average Bonchev–Trinajstić information content (AvgIpc) is 2.76. The fourth-order valence-electron chi connectivity index (χ4n) is 3.30. The zero-order valence-corrected chi connectivity index (χ0v) is 16.9. The van der Waals surface area contributed by atoms with Crippen molar-refractivity contribution in [3.8, 4) is 11.1 Å². The number of rotatable bonds is 3. The van der Waals surface area contributed by atoms with Gasteiger partial charge in [0.05, 0.1) is 25.1 Å². The normalized spacial score (nSPS) is 15.7. The monoisotopic (exact) mass is 396 g/mol. The van der Waals surface area contributed by atoms with E-state index in [0.717, 1.165) is 16.1 Å². The number of para-hydroxylation sites is 1. The van der Waals surface area contributed by atoms with Crippen molar-refractivity contribution in [1.29, 1.82) is 0 Å². The van der Waals surface area contributed by atoms with E-state index in [1.54, 1.807) is 32.9 Å². The van der Waals surface area contributed by atoms with Gasteiger partial charge in [-0.3, -0.25) is 9.59 Å². The Morgan fingerprint density at radius 2 is 1.66 bits per heavy atom. The van der Waals surface area contributed by atoms with Crippen LogP contribution in [0.3, 0.4) is 0 Å². The Balaban J connectivity index is 2.10. The van der Waals surface area contributed by atoms with Crippen LogP contribution in [0.15, 0.2) is 48.5 Å². The van der Waals surface area contributed by atoms with Crippen molar-refractivity contribution < 1.29 is 23.9 Å². The highest BCUT2D eigenvalue weighted by molar-refractivity contribution is 6.07. The van der Waals surface area contributed by atoms with Gasteiger partial charge in [0, 0.05) is 5.56 Å². The van der Waals surface area contributed by atoms with Crippen LogP contribution in [-0.2, 0) is 19.1 Å². The second-order valence-electron chi connectivity index (χ2n) is 7.72. The number of esters is 1. The maximum Gasteiger partial charge on any atom is 0.427 e. The van der Waals surface area contributed by atoms with E-state index in [1.165, 1.54) is 7.11 Å². The number of nitrogens with one attached hydrogen (secondary N) is 1. The molecule has 1 aliphatic rings. The molecule has 0 aliphatic carbocycles. The van der Waals surface area contributed by atoms with E-state index < -0.39 is 29.5 Å². The summed E-state index contributed by atoms with van der Waals surface area (Å²) in [4.78, 5) is 37.9. The number of carbonyl (C=O) groups is 3. The highest BCUT2D eigenvalue weighted by Gasteiger charge is 2.37. The summed E-state index contributed by atoms with van der Waals surface area (Å²) in [7, 11) is 1.28. The zero-order valence-electron chi connectivity index (χ0n) is 16.9. The molecule has 0 saturated heterocycles. The molecule has 1 aliphatic heterocycles. The molecule has 0 radical (unpaired) electrons. The number of amides is 2. The number of methoxy groups -OCH3 is 1. The molecule has 7 heteroatoms. The average molecular weight is 396 g/mol. The Morgan fingerprint density at radius 1 is 1.03 bits per heavy atom. The molecular weight excluding hydrogens is 372 g/mol. The minimum Gasteiger partial charge on any atom is -0.469 e. The molecule has 1 unspecified atom stereocenters. The third kappa shape index (κ3) is 4.39. The maximum absolute atomic E-state index is 13.5. The van der Waals surface area contributed by atoms with E-state index in [2.05, 4.69) is 5.43 Å². The minimum atomic E-state index is -0.819. The van der Waals surface area contributed by atoms with Crippen molar-refractivity contribution in [3.05, 3.63) is 54.1 Å². The maximum atomic E-state index is 13.5. The van der Waals surface area contributed by atoms with Crippen molar-refractivity contribution in [3.63, 3.8) is 0 Å². The molecular formula is C22H24N2O5. The van der Waals surface area contributed by atoms with Gasteiger partial charge in [-0.15, -0.1) is 0 Å². The van der Waals surface area contributed by atoms with Gasteiger partial charge in [0.1, 0.15) is 5.60 Å². The standard InChI is InChI=1S/C22H24N2O5/c1-22(2,3)29-21(27)23-24-18-12-8-7-11-16(18)14-9-5-6-10-15(14)17(20(24)26)13-19(25)28-4/h5-12,17H,13H2,1-4H3,(H,23,27). The van der Waals surface area contributed by atoms with Gasteiger partial charge in [0.15, 0.2) is 0 Å². The second-order valence-corrected chi connectivity index (χ2v) is 7.72. The molecule has 29 heavy (non-hydrogen) atoms. The van der Waals surface area contributed by atoms with E-state index in [0.29, 0.717) is 11.3 Å². The van der Waals surface area contributed by atoms with Gasteiger partial charge >= 0.3 is 12.1 Å². The van der Waals surface area contributed by atoms with Crippen LogP contribution >= 0.6 is 0 Å². The number of hydrogen-bond donors (Lipinski definition) is 1. The van der Waals surface area contributed by atoms with Gasteiger partial charge < -0.3 is 9.47 Å². The molecule has 152 valence electrons. The summed E-state index contributed by atoms with van der Waals surface area (Å²) < 4.78 is 10.1. The molecule has 7 nitrogen and oxygen atoms in total. The van der Waals surface area contributed by atoms with E-state index in [4.69, 9.17) is 9.47 Å². The number of ether oxygens (including phenoxy) is 2. The number of hydrogen-bond acceptors (Lipinski definition) is 5. The van der Waals surface area contributed by atoms with Crippen LogP contribution < -0.4 is 10.4 Å². The Kier molecular flexibility index (Phi) is 5.59. The fraction of sp³-hybridized carbons (Fsp3) is 0.318. The summed E-state index contributed by atoms with van der Waals surface area (Å²) in [6, 6.07) is 14.6. The van der Waals surface area contributed by atoms with Gasteiger partial charge in [-0.2, -0.15) is 0 Å². The number of carbonyl (C=O) groups excluding carboxylic acids is 3. The molecule has 0 fully saturated rings. The van der Waals surface area contributed by atoms with Gasteiger partial charge in [-0.1, -0.05) is 42.5 Å². The summed E-state index contributed by atoms with van der Waals surface area (Å²) in [5, 5.41) is 1.16. The molecule has 3 rings (SSSR count). The Hall–Kier alpha value is -3.35. The third-order valence-electron chi connectivity index (χ3n) is 4.49. The van der Waals surface area contributed by atoms with Crippen LogP contribution in [0.25, 0.3) is 11.1 Å². The fourth-order valence-corrected chi connectivity index (χ4v) is 3.30. The lowest BCUT2D eigenvalue weighted by Crippen LogP contribution is -2.50. The van der Waals surface area contributed by atoms with Crippen LogP contribution in [-0.4, -0.2) is 30.7 Å². The van der Waals surface area contributed by atoms with E-state index >= 15 is 0 Å². The molecule has 1 heterocycles. The SMILES string of the molecule is COC(=O)CC1C(=O)N(NC(=O)OC(C)(C)C)c2ccccc2-c2ccccc21. The van der Waals surface area contributed by atoms with Crippen molar-refractivity contribution >= 4 is 23.7 Å². The minimum absolute atomic E-state index is 0.146. The van der Waals surface area contributed by atoms with Crippen LogP contribution in [0.2, 0.25) is 0 Å². The molecule has 0 spiro atoms. The van der Waals surface area contributed by atoms with E-state index in [-0.39, 0.29) is 6.42 Å². The lowest BCUT2D eigenvalue weighted by atomic mass is 9.89. The first-order chi connectivity index (χ1) is 13.7. The van der Waals surface area contributed by atoms with Crippen molar-refractivity contribution in [2.45, 2.75) is 38.7 Å². The lowest BCUT2D eigenvalue weighted by molar-refractivity contribution is -0.142. The smallest absolute Gasteiger partial charge is 0.427 e. The van der Waals surface area contributed by atoms with Crippen LogP contribution in [0.4, 0.5) is 10.5 Å². The Labute approximate surface area is 169 Å². The molecule has 1 atom stereocenters. The van der Waals surface area contributed by atoms with Gasteiger partial charge in [0.2, 0.25) is 0 Å². The Morgan fingerprint density at radius 3 is 2.31 bits per heavy atom. The number of anilines is 1. The summed E-state index contributed by atoms with van der Waals surface area (Å²) >= 11 is 0. The number of hydrazine groups is 1. The molecule has 2 amide bonds. The first-order valence-corrected chi connectivity index (χ1v) is 9.30. The largest absolute Gasteiger partial charge is 0.469 e. The third-order valence-corrected chi connectivity index (χ3v) is 4.49. The lowest BCUT2D eigenvalue weighted by Gasteiger charge is -2.28. The molecule has 0 saturated carbocycles. The van der Waals surface area contributed by atoms with Crippen molar-refractivity contribution in [1.82, 2.24) is 5.43 Å². The van der Waals surface area contributed by atoms with Crippen LogP contribution in [0, 0.1) is 0 Å². The van der Waals surface area contributed by atoms with Crippen molar-refractivity contribution in [2.75, 3.05) is 12.1 Å². The van der Waals surface area contributed by atoms with Crippen molar-refractivity contribution in [2.24, 2.45) is 0 Å². The molecule has 0 aromatic heterocycles. The molecule has 1 N–H and O–H groups in total.